The quantitative estimate of drug-likeness (QED) is 0.418. The van der Waals surface area contributed by atoms with Crippen molar-refractivity contribution in [2.75, 3.05) is 27.1 Å². The van der Waals surface area contributed by atoms with Crippen LogP contribution < -0.4 is 0 Å². The lowest BCUT2D eigenvalue weighted by Gasteiger charge is -2.26. The fraction of sp³-hybridized carbons (Fsp3) is 0.562. The molecule has 1 aliphatic rings. The lowest BCUT2D eigenvalue weighted by atomic mass is 9.84. The van der Waals surface area contributed by atoms with Crippen molar-refractivity contribution in [2.24, 2.45) is 5.41 Å². The molecule has 0 aliphatic carbocycles. The zero-order chi connectivity index (χ0) is 15.1. The molecule has 0 spiro atoms. The van der Waals surface area contributed by atoms with Crippen LogP contribution in [0.15, 0.2) is 30.3 Å². The third kappa shape index (κ3) is 4.27. The van der Waals surface area contributed by atoms with Gasteiger partial charge in [0.05, 0.1) is 13.2 Å². The second kappa shape index (κ2) is 7.54. The minimum atomic E-state index is -0.585. The van der Waals surface area contributed by atoms with Crippen molar-refractivity contribution in [2.45, 2.75) is 26.1 Å². The molecule has 1 aromatic carbocycles. The van der Waals surface area contributed by atoms with E-state index >= 15 is 0 Å². The molecule has 0 N–H and O–H groups in total. The van der Waals surface area contributed by atoms with Crippen molar-refractivity contribution < 1.29 is 23.7 Å². The van der Waals surface area contributed by atoms with Crippen LogP contribution in [0.2, 0.25) is 0 Å². The molecule has 1 fully saturated rings. The molecule has 0 bridgehead atoms. The molecule has 5 heteroatoms. The zero-order valence-electron chi connectivity index (χ0n) is 12.5. The fourth-order valence-corrected chi connectivity index (χ4v) is 2.35. The van der Waals surface area contributed by atoms with Crippen molar-refractivity contribution in [1.82, 2.24) is 0 Å². The largest absolute Gasteiger partial charge is 0.463 e. The summed E-state index contributed by atoms with van der Waals surface area (Å²) in [7, 11) is 1.53. The van der Waals surface area contributed by atoms with Gasteiger partial charge < -0.3 is 18.9 Å². The average Bonchev–Trinajstić information content (AvgIpc) is 2.78. The Morgan fingerprint density at radius 2 is 2.10 bits per heavy atom. The molecule has 2 rings (SSSR count). The third-order valence-electron chi connectivity index (χ3n) is 3.67. The number of rotatable bonds is 8. The maximum absolute atomic E-state index is 11.7. The lowest BCUT2D eigenvalue weighted by molar-refractivity contribution is -0.157. The number of ether oxygens (including phenoxy) is 4. The van der Waals surface area contributed by atoms with Gasteiger partial charge in [-0.3, -0.25) is 0 Å². The number of cyclic esters (lactones) is 1. The molecule has 0 unspecified atom stereocenters. The predicted octanol–water partition coefficient (Wildman–Crippen LogP) is 2.15. The number of carbonyl (C=O) groups is 1. The van der Waals surface area contributed by atoms with E-state index in [0.717, 1.165) is 5.56 Å². The van der Waals surface area contributed by atoms with Crippen molar-refractivity contribution in [3.63, 3.8) is 0 Å². The second-order valence-electron chi connectivity index (χ2n) is 5.50. The summed E-state index contributed by atoms with van der Waals surface area (Å²) in [6.45, 7) is 3.53. The Kier molecular flexibility index (Phi) is 5.73. The molecule has 116 valence electrons. The van der Waals surface area contributed by atoms with Gasteiger partial charge in [0.2, 0.25) is 0 Å². The summed E-state index contributed by atoms with van der Waals surface area (Å²) in [5.74, 6) is -0.322. The Bertz CT molecular complexity index is 447. The summed E-state index contributed by atoms with van der Waals surface area (Å²) in [6.07, 6.45) is 0.109. The molecule has 21 heavy (non-hydrogen) atoms. The number of esters is 1. The first-order valence-corrected chi connectivity index (χ1v) is 7.04. The first-order chi connectivity index (χ1) is 10.2. The van der Waals surface area contributed by atoms with E-state index in [1.54, 1.807) is 0 Å². The first kappa shape index (κ1) is 15.9. The van der Waals surface area contributed by atoms with Crippen LogP contribution in [0.25, 0.3) is 0 Å². The fourth-order valence-electron chi connectivity index (χ4n) is 2.35. The van der Waals surface area contributed by atoms with Crippen LogP contribution in [-0.2, 0) is 30.3 Å². The minimum Gasteiger partial charge on any atom is -0.463 e. The number of hydrogen-bond donors (Lipinski definition) is 0. The summed E-state index contributed by atoms with van der Waals surface area (Å²) in [5, 5.41) is 0. The van der Waals surface area contributed by atoms with E-state index in [2.05, 4.69) is 0 Å². The highest BCUT2D eigenvalue weighted by molar-refractivity contribution is 5.78. The highest BCUT2D eigenvalue weighted by Gasteiger charge is 2.47. The molecule has 5 nitrogen and oxygen atoms in total. The predicted molar refractivity (Wildman–Crippen MR) is 76.5 cm³/mol. The Morgan fingerprint density at radius 1 is 1.33 bits per heavy atom. The third-order valence-corrected chi connectivity index (χ3v) is 3.67. The topological polar surface area (TPSA) is 54.0 Å². The summed E-state index contributed by atoms with van der Waals surface area (Å²) in [4.78, 5) is 11.7. The van der Waals surface area contributed by atoms with Gasteiger partial charge in [-0.1, -0.05) is 37.3 Å². The van der Waals surface area contributed by atoms with Gasteiger partial charge in [-0.2, -0.15) is 0 Å². The molecule has 0 radical (unpaired) electrons. The lowest BCUT2D eigenvalue weighted by Crippen LogP contribution is -2.37. The summed E-state index contributed by atoms with van der Waals surface area (Å²) < 4.78 is 21.1. The standard InChI is InChI=1S/C16H22O5/c1-16(11-20-15(17)14(16)21-12-18-2)8-9-19-10-13-6-4-3-5-7-13/h3-7,14H,8-12H2,1-2H3/t14-,16+/m1/s1. The smallest absolute Gasteiger partial charge is 0.336 e. The SMILES string of the molecule is COCO[C@@H]1C(=O)OC[C@]1(C)CCOCc1ccccc1. The van der Waals surface area contributed by atoms with Crippen LogP contribution in [0, 0.1) is 5.41 Å². The highest BCUT2D eigenvalue weighted by Crippen LogP contribution is 2.35. The van der Waals surface area contributed by atoms with Gasteiger partial charge in [0.1, 0.15) is 6.79 Å². The summed E-state index contributed by atoms with van der Waals surface area (Å²) in [5.41, 5.74) is 0.764. The molecule has 1 aliphatic heterocycles. The van der Waals surface area contributed by atoms with Crippen molar-refractivity contribution in [3.05, 3.63) is 35.9 Å². The van der Waals surface area contributed by atoms with E-state index in [4.69, 9.17) is 18.9 Å². The van der Waals surface area contributed by atoms with E-state index in [0.29, 0.717) is 26.2 Å². The molecule has 1 heterocycles. The van der Waals surface area contributed by atoms with Gasteiger partial charge in [0.15, 0.2) is 6.10 Å². The minimum absolute atomic E-state index is 0.0836. The van der Waals surface area contributed by atoms with Crippen LogP contribution in [0.1, 0.15) is 18.9 Å². The molecule has 0 aromatic heterocycles. The van der Waals surface area contributed by atoms with Gasteiger partial charge in [0, 0.05) is 19.1 Å². The molecular weight excluding hydrogens is 272 g/mol. The van der Waals surface area contributed by atoms with E-state index < -0.39 is 6.10 Å². The van der Waals surface area contributed by atoms with E-state index in [1.807, 2.05) is 37.3 Å². The Morgan fingerprint density at radius 3 is 2.81 bits per heavy atom. The van der Waals surface area contributed by atoms with Crippen LogP contribution in [0.4, 0.5) is 0 Å². The van der Waals surface area contributed by atoms with Gasteiger partial charge in [-0.05, 0) is 12.0 Å². The van der Waals surface area contributed by atoms with Gasteiger partial charge in [0.25, 0.3) is 0 Å². The molecule has 0 saturated carbocycles. The van der Waals surface area contributed by atoms with E-state index in [1.165, 1.54) is 7.11 Å². The maximum atomic E-state index is 11.7. The van der Waals surface area contributed by atoms with Crippen LogP contribution in [0.3, 0.4) is 0 Å². The first-order valence-electron chi connectivity index (χ1n) is 7.04. The number of benzene rings is 1. The number of methoxy groups -OCH3 is 1. The Labute approximate surface area is 125 Å². The van der Waals surface area contributed by atoms with Crippen LogP contribution in [0.5, 0.6) is 0 Å². The van der Waals surface area contributed by atoms with Crippen LogP contribution in [-0.4, -0.2) is 39.2 Å². The van der Waals surface area contributed by atoms with Crippen LogP contribution >= 0.6 is 0 Å². The highest BCUT2D eigenvalue weighted by atomic mass is 16.7. The van der Waals surface area contributed by atoms with E-state index in [-0.39, 0.29) is 18.2 Å². The van der Waals surface area contributed by atoms with Gasteiger partial charge in [-0.25, -0.2) is 4.79 Å². The average molecular weight is 294 g/mol. The van der Waals surface area contributed by atoms with Crippen molar-refractivity contribution in [1.29, 1.82) is 0 Å². The molecule has 1 aromatic rings. The monoisotopic (exact) mass is 294 g/mol. The molecule has 0 amide bonds. The Balaban J connectivity index is 1.79. The summed E-state index contributed by atoms with van der Waals surface area (Å²) >= 11 is 0. The van der Waals surface area contributed by atoms with Gasteiger partial charge >= 0.3 is 5.97 Å². The maximum Gasteiger partial charge on any atom is 0.336 e. The van der Waals surface area contributed by atoms with Crippen molar-refractivity contribution in [3.8, 4) is 0 Å². The zero-order valence-corrected chi connectivity index (χ0v) is 12.5. The molecule has 2 atom stereocenters. The van der Waals surface area contributed by atoms with Gasteiger partial charge in [-0.15, -0.1) is 0 Å². The summed E-state index contributed by atoms with van der Waals surface area (Å²) in [6, 6.07) is 9.99. The second-order valence-corrected chi connectivity index (χ2v) is 5.50. The molecule has 1 saturated heterocycles. The number of carbonyl (C=O) groups excluding carboxylic acids is 1. The van der Waals surface area contributed by atoms with E-state index in [9.17, 15) is 4.79 Å². The normalized spacial score (nSPS) is 25.0. The Hall–Kier alpha value is -1.43. The number of hydrogen-bond acceptors (Lipinski definition) is 5. The molecular formula is C16H22O5. The van der Waals surface area contributed by atoms with Crippen molar-refractivity contribution >= 4 is 5.97 Å².